The number of sulfonamides is 1. The summed E-state index contributed by atoms with van der Waals surface area (Å²) in [6.07, 6.45) is 4.24. The van der Waals surface area contributed by atoms with Crippen LogP contribution in [0.5, 0.6) is 0 Å². The second kappa shape index (κ2) is 7.86. The lowest BCUT2D eigenvalue weighted by molar-refractivity contribution is -0.134. The molecule has 0 spiro atoms. The number of rotatable bonds is 6. The zero-order valence-electron chi connectivity index (χ0n) is 13.8. The predicted octanol–water partition coefficient (Wildman–Crippen LogP) is -0.868. The molecule has 134 valence electrons. The van der Waals surface area contributed by atoms with E-state index in [1.165, 1.54) is 7.05 Å². The third-order valence-corrected chi connectivity index (χ3v) is 5.34. The summed E-state index contributed by atoms with van der Waals surface area (Å²) in [6, 6.07) is 1.48. The Hall–Kier alpha value is -1.78. The number of piperidine rings is 1. The molecule has 2 rings (SSSR count). The molecule has 10 heteroatoms. The molecule has 2 N–H and O–H groups in total. The molecule has 1 aromatic rings. The van der Waals surface area contributed by atoms with E-state index in [0.717, 1.165) is 10.6 Å². The topological polar surface area (TPSA) is 116 Å². The Morgan fingerprint density at radius 2 is 2.12 bits per heavy atom. The molecule has 1 fully saturated rings. The first-order valence-corrected chi connectivity index (χ1v) is 9.53. The highest BCUT2D eigenvalue weighted by Gasteiger charge is 2.30. The Bertz CT molecular complexity index is 654. The summed E-state index contributed by atoms with van der Waals surface area (Å²) in [4.78, 5) is 21.9. The third-order valence-electron chi connectivity index (χ3n) is 4.02. The van der Waals surface area contributed by atoms with Gasteiger partial charge < -0.3 is 15.3 Å². The number of anilines is 1. The highest BCUT2D eigenvalue weighted by molar-refractivity contribution is 7.88. The first-order chi connectivity index (χ1) is 11.3. The maximum Gasteiger partial charge on any atom is 0.223 e. The Morgan fingerprint density at radius 3 is 2.71 bits per heavy atom. The fourth-order valence-corrected chi connectivity index (χ4v) is 2.87. The average molecular weight is 357 g/mol. The molecular formula is C14H23N5O4S. The number of aliphatic hydroxyl groups excluding tert-OH is 1. The smallest absolute Gasteiger partial charge is 0.223 e. The van der Waals surface area contributed by atoms with Crippen molar-refractivity contribution in [3.8, 4) is 0 Å². The zero-order chi connectivity index (χ0) is 17.7. The van der Waals surface area contributed by atoms with Crippen molar-refractivity contribution in [3.63, 3.8) is 0 Å². The van der Waals surface area contributed by atoms with Crippen LogP contribution in [0.3, 0.4) is 0 Å². The molecule has 1 aliphatic rings. The van der Waals surface area contributed by atoms with Gasteiger partial charge >= 0.3 is 0 Å². The Labute approximate surface area is 141 Å². The van der Waals surface area contributed by atoms with E-state index in [-0.39, 0.29) is 31.5 Å². The number of amides is 1. The minimum absolute atomic E-state index is 0.0934. The van der Waals surface area contributed by atoms with Crippen LogP contribution in [0, 0.1) is 0 Å². The number of nitrogens with zero attached hydrogens (tertiary/aromatic N) is 4. The van der Waals surface area contributed by atoms with Crippen LogP contribution in [0.25, 0.3) is 0 Å². The highest BCUT2D eigenvalue weighted by atomic mass is 32.2. The van der Waals surface area contributed by atoms with Crippen LogP contribution in [0.15, 0.2) is 18.5 Å². The second-order valence-electron chi connectivity index (χ2n) is 5.85. The number of β-amino-alcohol motifs (C(OH)–C–C–N with tert-alkyl or cyclic N) is 1. The second-order valence-corrected chi connectivity index (χ2v) is 7.94. The molecule has 24 heavy (non-hydrogen) atoms. The lowest BCUT2D eigenvalue weighted by atomic mass is 10.0. The van der Waals surface area contributed by atoms with Crippen molar-refractivity contribution in [2.75, 3.05) is 38.3 Å². The number of likely N-dealkylation sites (tertiary alicyclic amines) is 1. The highest BCUT2D eigenvalue weighted by Crippen LogP contribution is 2.15. The van der Waals surface area contributed by atoms with Crippen molar-refractivity contribution in [2.45, 2.75) is 25.0 Å². The van der Waals surface area contributed by atoms with Crippen LogP contribution >= 0.6 is 0 Å². The molecule has 2 heterocycles. The van der Waals surface area contributed by atoms with E-state index in [4.69, 9.17) is 0 Å². The third kappa shape index (κ3) is 5.11. The molecule has 2 atom stereocenters. The molecule has 1 saturated heterocycles. The molecule has 0 aliphatic carbocycles. The van der Waals surface area contributed by atoms with Crippen LogP contribution in [-0.4, -0.2) is 83.7 Å². The zero-order valence-corrected chi connectivity index (χ0v) is 14.6. The first kappa shape index (κ1) is 18.6. The summed E-state index contributed by atoms with van der Waals surface area (Å²) >= 11 is 0. The quantitative estimate of drug-likeness (QED) is 0.680. The van der Waals surface area contributed by atoms with E-state index in [0.29, 0.717) is 18.9 Å². The van der Waals surface area contributed by atoms with Crippen LogP contribution in [0.2, 0.25) is 0 Å². The van der Waals surface area contributed by atoms with Crippen molar-refractivity contribution >= 4 is 21.9 Å². The number of carbonyl (C=O) groups is 1. The van der Waals surface area contributed by atoms with Crippen molar-refractivity contribution in [2.24, 2.45) is 0 Å². The standard InChI is InChI=1S/C14H23N5O4S/c1-18(24(2,22)23)8-5-13(21)19-9-4-11(12(20)10-19)17-14-15-6-3-7-16-14/h3,6-7,11-12,20H,4-5,8-10H2,1-2H3,(H,15,16,17)/t11-,12-/m1/s1. The van der Waals surface area contributed by atoms with Gasteiger partial charge in [0.1, 0.15) is 0 Å². The summed E-state index contributed by atoms with van der Waals surface area (Å²) in [5.74, 6) is 0.273. The van der Waals surface area contributed by atoms with Gasteiger partial charge in [0, 0.05) is 45.5 Å². The number of hydrogen-bond acceptors (Lipinski definition) is 7. The molecule has 0 radical (unpaired) electrons. The van der Waals surface area contributed by atoms with Gasteiger partial charge in [-0.3, -0.25) is 4.79 Å². The van der Waals surface area contributed by atoms with Gasteiger partial charge in [0.2, 0.25) is 21.9 Å². The van der Waals surface area contributed by atoms with Crippen molar-refractivity contribution in [3.05, 3.63) is 18.5 Å². The van der Waals surface area contributed by atoms with E-state index in [1.54, 1.807) is 23.4 Å². The van der Waals surface area contributed by atoms with Crippen molar-refractivity contribution in [1.29, 1.82) is 0 Å². The van der Waals surface area contributed by atoms with Crippen LogP contribution in [-0.2, 0) is 14.8 Å². The van der Waals surface area contributed by atoms with Crippen molar-refractivity contribution in [1.82, 2.24) is 19.2 Å². The molecule has 0 unspecified atom stereocenters. The van der Waals surface area contributed by atoms with Gasteiger partial charge in [-0.15, -0.1) is 0 Å². The largest absolute Gasteiger partial charge is 0.389 e. The van der Waals surface area contributed by atoms with Gasteiger partial charge in [-0.1, -0.05) is 0 Å². The minimum Gasteiger partial charge on any atom is -0.389 e. The molecule has 1 aromatic heterocycles. The van der Waals surface area contributed by atoms with E-state index in [9.17, 15) is 18.3 Å². The normalized spacial score (nSPS) is 21.8. The van der Waals surface area contributed by atoms with Gasteiger partial charge in [0.15, 0.2) is 0 Å². The van der Waals surface area contributed by atoms with Crippen LogP contribution in [0.4, 0.5) is 5.95 Å². The van der Waals surface area contributed by atoms with Crippen LogP contribution < -0.4 is 5.32 Å². The number of aliphatic hydroxyl groups is 1. The monoisotopic (exact) mass is 357 g/mol. The maximum absolute atomic E-state index is 12.2. The number of hydrogen-bond donors (Lipinski definition) is 2. The minimum atomic E-state index is -3.29. The van der Waals surface area contributed by atoms with Gasteiger partial charge in [0.25, 0.3) is 0 Å². The number of aromatic nitrogens is 2. The van der Waals surface area contributed by atoms with E-state index >= 15 is 0 Å². The lowest BCUT2D eigenvalue weighted by Gasteiger charge is -2.36. The van der Waals surface area contributed by atoms with Gasteiger partial charge in [0.05, 0.1) is 18.4 Å². The molecule has 1 aliphatic heterocycles. The Morgan fingerprint density at radius 1 is 1.46 bits per heavy atom. The molecule has 0 aromatic carbocycles. The summed E-state index contributed by atoms with van der Waals surface area (Å²) in [5.41, 5.74) is 0. The van der Waals surface area contributed by atoms with Gasteiger partial charge in [-0.25, -0.2) is 22.7 Å². The van der Waals surface area contributed by atoms with Crippen LogP contribution in [0.1, 0.15) is 12.8 Å². The van der Waals surface area contributed by atoms with Gasteiger partial charge in [-0.2, -0.15) is 0 Å². The molecule has 1 amide bonds. The maximum atomic E-state index is 12.2. The van der Waals surface area contributed by atoms with Crippen molar-refractivity contribution < 1.29 is 18.3 Å². The molecule has 9 nitrogen and oxygen atoms in total. The molecule has 0 saturated carbocycles. The fourth-order valence-electron chi connectivity index (χ4n) is 2.44. The number of carbonyl (C=O) groups excluding carboxylic acids is 1. The SMILES string of the molecule is CN(CCC(=O)N1CC[C@@H](Nc2ncccn2)[C@H](O)C1)S(C)(=O)=O. The lowest BCUT2D eigenvalue weighted by Crippen LogP contribution is -2.52. The first-order valence-electron chi connectivity index (χ1n) is 7.68. The number of nitrogens with one attached hydrogen (secondary N) is 1. The van der Waals surface area contributed by atoms with E-state index < -0.39 is 16.1 Å². The van der Waals surface area contributed by atoms with Gasteiger partial charge in [-0.05, 0) is 12.5 Å². The van der Waals surface area contributed by atoms with E-state index in [1.807, 2.05) is 0 Å². The van der Waals surface area contributed by atoms with E-state index in [2.05, 4.69) is 15.3 Å². The summed E-state index contributed by atoms with van der Waals surface area (Å²) < 4.78 is 23.8. The molecular weight excluding hydrogens is 334 g/mol. The predicted molar refractivity (Wildman–Crippen MR) is 88.7 cm³/mol. The summed E-state index contributed by atoms with van der Waals surface area (Å²) in [6.45, 7) is 0.818. The summed E-state index contributed by atoms with van der Waals surface area (Å²) in [7, 11) is -1.86. The molecule has 0 bridgehead atoms. The fraction of sp³-hybridized carbons (Fsp3) is 0.643. The average Bonchev–Trinajstić information content (AvgIpc) is 2.54. The summed E-state index contributed by atoms with van der Waals surface area (Å²) in [5, 5.41) is 13.3. The Kier molecular flexibility index (Phi) is 6.08. The Balaban J connectivity index is 1.83.